The van der Waals surface area contributed by atoms with Gasteiger partial charge in [-0.25, -0.2) is 32.8 Å². The van der Waals surface area contributed by atoms with Gasteiger partial charge in [0, 0.05) is 34.9 Å². The molecule has 2 aromatic heterocycles. The number of benzene rings is 4. The summed E-state index contributed by atoms with van der Waals surface area (Å²) >= 11 is 10.4. The fourth-order valence-corrected chi connectivity index (χ4v) is 10.4. The molecule has 91 heavy (non-hydrogen) atoms. The molecule has 8 atom stereocenters. The van der Waals surface area contributed by atoms with E-state index in [9.17, 15) is 68.2 Å². The van der Waals surface area contributed by atoms with Crippen LogP contribution in [0.25, 0.3) is 21.9 Å². The lowest BCUT2D eigenvalue weighted by Gasteiger charge is -2.47. The number of amides is 2. The van der Waals surface area contributed by atoms with E-state index in [-0.39, 0.29) is 67.2 Å². The van der Waals surface area contributed by atoms with Crippen molar-refractivity contribution in [2.24, 2.45) is 23.3 Å². The number of aryl methyl sites for hydroxylation is 2. The number of primary amides is 2. The molecule has 11 N–H and O–H groups in total. The molecule has 28 heteroatoms. The summed E-state index contributed by atoms with van der Waals surface area (Å²) in [6, 6.07) is 13.7. The second kappa shape index (κ2) is 30.2. The van der Waals surface area contributed by atoms with Crippen LogP contribution in [0.15, 0.2) is 102 Å². The summed E-state index contributed by atoms with van der Waals surface area (Å²) in [4.78, 5) is 74.1. The Morgan fingerprint density at radius 2 is 1.08 bits per heavy atom. The normalized spacial score (nSPS) is 20.5. The van der Waals surface area contributed by atoms with E-state index >= 15 is 0 Å². The lowest BCUT2D eigenvalue weighted by Crippen LogP contribution is -2.62. The highest BCUT2D eigenvalue weighted by molar-refractivity contribution is 6.24. The molecule has 0 radical (unpaired) electrons. The highest BCUT2D eigenvalue weighted by atomic mass is 35.5. The monoisotopic (exact) mass is 1310 g/mol. The van der Waals surface area contributed by atoms with E-state index in [0.717, 1.165) is 11.1 Å². The van der Waals surface area contributed by atoms with Gasteiger partial charge in [0.05, 0.1) is 58.2 Å². The lowest BCUT2D eigenvalue weighted by molar-refractivity contribution is -0.291. The predicted molar refractivity (Wildman–Crippen MR) is 327 cm³/mol. The summed E-state index contributed by atoms with van der Waals surface area (Å²) in [6.45, 7) is 16.3. The molecular weight excluding hydrogens is 1240 g/mol. The number of halogens is 4. The Bertz CT molecular complexity index is 3880. The maximum absolute atomic E-state index is 14.3. The Labute approximate surface area is 529 Å². The first-order chi connectivity index (χ1) is 42.7. The smallest absolute Gasteiger partial charge is 0.404 e. The number of allylic oxidation sites excluding steroid dienone is 4. The molecule has 2 unspecified atom stereocenters. The highest BCUT2D eigenvalue weighted by Crippen LogP contribution is 2.42. The third kappa shape index (κ3) is 16.8. The minimum Gasteiger partial charge on any atom is -0.507 e. The Morgan fingerprint density at radius 1 is 0.659 bits per heavy atom. The van der Waals surface area contributed by atoms with Crippen molar-refractivity contribution in [2.45, 2.75) is 137 Å². The number of hydrogen-bond acceptors (Lipinski definition) is 22. The van der Waals surface area contributed by atoms with E-state index in [1.54, 1.807) is 41.5 Å². The van der Waals surface area contributed by atoms with Gasteiger partial charge in [-0.1, -0.05) is 23.3 Å². The molecule has 0 bridgehead atoms. The number of hydrogen-bond donors (Lipinski definition) is 9. The number of rotatable bonds is 17. The Balaban J connectivity index is 0.000000242. The molecule has 2 aliphatic rings. The highest BCUT2D eigenvalue weighted by Gasteiger charge is 2.54. The Morgan fingerprint density at radius 3 is 1.48 bits per heavy atom. The van der Waals surface area contributed by atoms with Crippen molar-refractivity contribution < 1.29 is 100 Å². The van der Waals surface area contributed by atoms with Gasteiger partial charge in [0.15, 0.2) is 29.4 Å². The number of fused-ring (bicyclic) bond motifs is 2. The first-order valence-electron chi connectivity index (χ1n) is 28.0. The standard InChI is InChI=1S/C32H36FNO10.C19H23ClN2O9.C12H12ClFO2/c1-15(2)6-7-17-12-18(8-10-22(17)33)23(36)13-20-25(37)19-9-11-24(16(3)27(19)42-29(20)39)41-30-26(38)28(43-31(34)40)21(14-35)32(4,5)44-30;1-7-10(5-4-8-12(24)11(22-20)16(26)29-14(7)8)28-17-13(25)15(30-18(21)27)9(6-23)19(2,3)31-17;1-8(2)3-4-9-7-10(12(15)16-13)5-6-11(9)14/h6,8-12,21,26,28,30,35,37-38H,7,13-14H2,1-5H3,(H2,34,40);4-5,9,13,15,17,22-25H,6H2,1-3H3,(H2,21,27);3,5-7H,4H2,1-2H3/t21-,26?,28+,30-;9-,13?,15+,17-;/m11./s1. The van der Waals surface area contributed by atoms with Crippen LogP contribution in [0.1, 0.15) is 104 Å². The van der Waals surface area contributed by atoms with Crippen molar-refractivity contribution in [3.05, 3.63) is 155 Å². The van der Waals surface area contributed by atoms with Gasteiger partial charge in [-0.3, -0.25) is 9.63 Å². The van der Waals surface area contributed by atoms with E-state index in [0.29, 0.717) is 29.5 Å². The fraction of sp³-hybridized carbons (Fsp3) is 0.397. The average molecular weight is 1320 g/mol. The zero-order valence-electron chi connectivity index (χ0n) is 51.1. The minimum absolute atomic E-state index is 0.0327. The van der Waals surface area contributed by atoms with Crippen LogP contribution < -0.4 is 37.0 Å². The molecule has 2 fully saturated rings. The van der Waals surface area contributed by atoms with E-state index in [1.165, 1.54) is 60.7 Å². The number of carbonyl (C=O) groups excluding carboxylic acids is 4. The van der Waals surface area contributed by atoms with Crippen LogP contribution in [0.2, 0.25) is 0 Å². The molecule has 2 amide bonds. The molecule has 4 aromatic carbocycles. The average Bonchev–Trinajstić information content (AvgIpc) is 0.813. The van der Waals surface area contributed by atoms with Gasteiger partial charge >= 0.3 is 29.4 Å². The maximum atomic E-state index is 14.3. The number of aliphatic hydroxyl groups is 4. The van der Waals surface area contributed by atoms with E-state index in [1.807, 2.05) is 39.8 Å². The zero-order valence-corrected chi connectivity index (χ0v) is 52.6. The van der Waals surface area contributed by atoms with Crippen molar-refractivity contribution in [1.82, 2.24) is 0 Å². The van der Waals surface area contributed by atoms with Crippen LogP contribution in [0.4, 0.5) is 24.1 Å². The van der Waals surface area contributed by atoms with Crippen LogP contribution >= 0.6 is 23.6 Å². The van der Waals surface area contributed by atoms with E-state index in [4.69, 9.17) is 72.4 Å². The SMILES string of the molecule is CC(C)=CCc1cc(C(=O)Cc2c(O)c3ccc(O[C@@H]4OC(C)(C)[C@H](CO)[C@H](OC(N)=O)C4O)c(C)c3oc2=O)ccc1F.CC(C)=CCc1cc(C(=O)OCl)ccc1F.Cc1c(O[C@@H]2OC(C)(C)[C@H](CO)[C@H](OC(N)=O)C2O)ccc2c(O)c(NCl)c(=O)oc12. The van der Waals surface area contributed by atoms with Crippen molar-refractivity contribution in [1.29, 1.82) is 0 Å². The van der Waals surface area contributed by atoms with Crippen LogP contribution in [0.5, 0.6) is 23.0 Å². The number of nitrogens with one attached hydrogen (secondary N) is 1. The molecule has 0 saturated carbocycles. The molecule has 492 valence electrons. The molecule has 4 heterocycles. The van der Waals surface area contributed by atoms with E-state index < -0.39 is 132 Å². The third-order valence-electron chi connectivity index (χ3n) is 15.2. The number of ether oxygens (including phenoxy) is 6. The van der Waals surface area contributed by atoms with Crippen molar-refractivity contribution in [3.8, 4) is 23.0 Å². The molecule has 6 aromatic rings. The van der Waals surface area contributed by atoms with Crippen molar-refractivity contribution in [3.63, 3.8) is 0 Å². The van der Waals surface area contributed by atoms with Crippen molar-refractivity contribution >= 4 is 75.2 Å². The Kier molecular flexibility index (Phi) is 23.8. The molecular formula is C63H71Cl2F2N3O21. The van der Waals surface area contributed by atoms with Gasteiger partial charge in [0.1, 0.15) is 64.1 Å². The van der Waals surface area contributed by atoms with Gasteiger partial charge in [-0.15, -0.1) is 0 Å². The fourth-order valence-electron chi connectivity index (χ4n) is 10.1. The predicted octanol–water partition coefficient (Wildman–Crippen LogP) is 8.79. The molecule has 2 aliphatic heterocycles. The van der Waals surface area contributed by atoms with Gasteiger partial charge in [-0.05, 0) is 154 Å². The first-order valence-corrected chi connectivity index (χ1v) is 28.7. The quantitative estimate of drug-likeness (QED) is 0.0178. The van der Waals surface area contributed by atoms with Gasteiger partial charge in [0.25, 0.3) is 0 Å². The summed E-state index contributed by atoms with van der Waals surface area (Å²) < 4.78 is 76.0. The van der Waals surface area contributed by atoms with Crippen LogP contribution in [-0.2, 0) is 42.5 Å². The molecule has 0 aliphatic carbocycles. The summed E-state index contributed by atoms with van der Waals surface area (Å²) in [7, 11) is 0. The van der Waals surface area contributed by atoms with Gasteiger partial charge in [-0.2, -0.15) is 0 Å². The summed E-state index contributed by atoms with van der Waals surface area (Å²) in [5.41, 5.74) is 9.56. The van der Waals surface area contributed by atoms with Crippen LogP contribution in [-0.4, -0.2) is 116 Å². The second-order valence-electron chi connectivity index (χ2n) is 22.9. The minimum atomic E-state index is -1.55. The van der Waals surface area contributed by atoms with Gasteiger partial charge < -0.3 is 83.7 Å². The topological polar surface area (TPSA) is 379 Å². The maximum Gasteiger partial charge on any atom is 0.404 e. The second-order valence-corrected chi connectivity index (χ2v) is 23.2. The van der Waals surface area contributed by atoms with Crippen molar-refractivity contribution in [2.75, 3.05) is 18.0 Å². The summed E-state index contributed by atoms with van der Waals surface area (Å²) in [5, 5.41) is 62.8. The first kappa shape index (κ1) is 71.7. The number of ketones is 1. The van der Waals surface area contributed by atoms with Gasteiger partial charge in [0.2, 0.25) is 12.6 Å². The number of anilines is 1. The number of carbonyl (C=O) groups is 4. The number of aromatic hydroxyl groups is 2. The largest absolute Gasteiger partial charge is 0.507 e. The number of nitrogens with two attached hydrogens (primary N) is 2. The molecule has 0 spiro atoms. The number of Topliss-reactive ketones (excluding diaryl/α,β-unsaturated/α-hetero) is 1. The number of aliphatic hydroxyl groups excluding tert-OH is 4. The Hall–Kier alpha value is -8.34. The van der Waals surface area contributed by atoms with E-state index in [2.05, 4.69) is 9.13 Å². The molecule has 2 saturated heterocycles. The molecule has 8 rings (SSSR count). The summed E-state index contributed by atoms with van der Waals surface area (Å²) in [6.07, 6.45) is -6.50. The lowest BCUT2D eigenvalue weighted by atomic mass is 9.81. The zero-order chi connectivity index (χ0) is 67.7. The summed E-state index contributed by atoms with van der Waals surface area (Å²) in [5.74, 6) is -4.17. The molecule has 24 nitrogen and oxygen atoms in total. The van der Waals surface area contributed by atoms with Crippen LogP contribution in [0.3, 0.4) is 0 Å². The van der Waals surface area contributed by atoms with Crippen LogP contribution in [0, 0.1) is 37.3 Å². The third-order valence-corrected chi connectivity index (χ3v) is 15.6.